The maximum Gasteiger partial charge on any atom is 0.234 e. The van der Waals surface area contributed by atoms with E-state index in [-0.39, 0.29) is 17.9 Å². The van der Waals surface area contributed by atoms with Crippen molar-refractivity contribution in [1.29, 1.82) is 0 Å². The van der Waals surface area contributed by atoms with E-state index in [1.807, 2.05) is 14.2 Å². The average Bonchev–Trinajstić information content (AvgIpc) is 3.44. The van der Waals surface area contributed by atoms with Crippen molar-refractivity contribution in [2.75, 3.05) is 27.2 Å². The van der Waals surface area contributed by atoms with Gasteiger partial charge in [0.1, 0.15) is 0 Å². The minimum Gasteiger partial charge on any atom is -0.381 e. The molecule has 2 fully saturated rings. The van der Waals surface area contributed by atoms with Crippen LogP contribution in [0.15, 0.2) is 48.5 Å². The van der Waals surface area contributed by atoms with Crippen molar-refractivity contribution in [2.24, 2.45) is 0 Å². The molecule has 1 saturated carbocycles. The van der Waals surface area contributed by atoms with Gasteiger partial charge in [-0.05, 0) is 67.4 Å². The van der Waals surface area contributed by atoms with Crippen LogP contribution >= 0.6 is 0 Å². The van der Waals surface area contributed by atoms with Crippen LogP contribution in [0.4, 0.5) is 0 Å². The van der Waals surface area contributed by atoms with E-state index in [1.165, 1.54) is 24.0 Å². The molecule has 1 heterocycles. The molecular weight excluding hydrogens is 372 g/mol. The molecule has 3 atom stereocenters. The van der Waals surface area contributed by atoms with Crippen LogP contribution in [-0.4, -0.2) is 61.1 Å². The quantitative estimate of drug-likeness (QED) is 0.762. The maximum atomic E-state index is 14.0. The van der Waals surface area contributed by atoms with Crippen LogP contribution in [0.3, 0.4) is 0 Å². The van der Waals surface area contributed by atoms with Gasteiger partial charge in [0, 0.05) is 26.2 Å². The summed E-state index contributed by atoms with van der Waals surface area (Å²) in [7, 11) is 3.86. The van der Waals surface area contributed by atoms with Crippen LogP contribution in [-0.2, 0) is 9.53 Å². The fraction of sp³-hybridized carbons (Fsp3) is 0.500. The minimum absolute atomic E-state index is 0.193. The Morgan fingerprint density at radius 2 is 1.57 bits per heavy atom. The third kappa shape index (κ3) is 3.27. The second-order valence-electron chi connectivity index (χ2n) is 9.11. The van der Waals surface area contributed by atoms with Crippen molar-refractivity contribution in [1.82, 2.24) is 9.80 Å². The van der Waals surface area contributed by atoms with E-state index in [2.05, 4.69) is 58.3 Å². The molecule has 0 radical (unpaired) electrons. The number of carbonyl (C=O) groups excluding carboxylic acids is 1. The number of likely N-dealkylation sites (tertiary alicyclic amines) is 1. The van der Waals surface area contributed by atoms with E-state index in [4.69, 9.17) is 4.74 Å². The van der Waals surface area contributed by atoms with Crippen molar-refractivity contribution in [3.63, 3.8) is 0 Å². The summed E-state index contributed by atoms with van der Waals surface area (Å²) in [5.74, 6) is 0.0410. The second-order valence-corrected chi connectivity index (χ2v) is 9.11. The highest BCUT2D eigenvalue weighted by molar-refractivity contribution is 5.96. The summed E-state index contributed by atoms with van der Waals surface area (Å²) in [4.78, 5) is 18.6. The molecule has 4 heteroatoms. The van der Waals surface area contributed by atoms with Gasteiger partial charge < -0.3 is 9.64 Å². The number of rotatable bonds is 4. The van der Waals surface area contributed by atoms with E-state index in [1.54, 1.807) is 0 Å². The van der Waals surface area contributed by atoms with E-state index < -0.39 is 0 Å². The van der Waals surface area contributed by atoms with Crippen LogP contribution in [0.5, 0.6) is 0 Å². The molecule has 2 aliphatic carbocycles. The third-order valence-electron chi connectivity index (χ3n) is 7.60. The first-order chi connectivity index (χ1) is 14.7. The number of hydrogen-bond donors (Lipinski definition) is 0. The molecular formula is C26H32N2O2. The monoisotopic (exact) mass is 404 g/mol. The predicted octanol–water partition coefficient (Wildman–Crippen LogP) is 4.29. The zero-order valence-electron chi connectivity index (χ0n) is 18.1. The summed E-state index contributed by atoms with van der Waals surface area (Å²) >= 11 is 0. The molecule has 0 N–H and O–H groups in total. The fourth-order valence-electron chi connectivity index (χ4n) is 6.01. The van der Waals surface area contributed by atoms with Gasteiger partial charge in [-0.3, -0.25) is 9.69 Å². The van der Waals surface area contributed by atoms with Crippen LogP contribution in [0, 0.1) is 0 Å². The molecule has 0 spiro atoms. The summed E-state index contributed by atoms with van der Waals surface area (Å²) in [5.41, 5.74) is 4.72. The number of likely N-dealkylation sites (N-methyl/N-ethyl adjacent to an activating group) is 1. The van der Waals surface area contributed by atoms with E-state index in [0.717, 1.165) is 43.5 Å². The lowest BCUT2D eigenvalue weighted by molar-refractivity contribution is -0.135. The number of nitrogens with zero attached hydrogens (tertiary/aromatic N) is 2. The highest BCUT2D eigenvalue weighted by Crippen LogP contribution is 2.46. The van der Waals surface area contributed by atoms with Gasteiger partial charge in [-0.1, -0.05) is 48.5 Å². The molecule has 3 aliphatic rings. The van der Waals surface area contributed by atoms with Crippen LogP contribution in [0.2, 0.25) is 0 Å². The minimum atomic E-state index is -0.193. The molecule has 3 unspecified atom stereocenters. The molecule has 30 heavy (non-hydrogen) atoms. The number of hydrogen-bond acceptors (Lipinski definition) is 3. The Morgan fingerprint density at radius 1 is 0.967 bits per heavy atom. The summed E-state index contributed by atoms with van der Waals surface area (Å²) in [6, 6.07) is 17.5. The summed E-state index contributed by atoms with van der Waals surface area (Å²) in [6.45, 7) is 2.30. The Bertz CT molecular complexity index is 875. The number of methoxy groups -OCH3 is 1. The zero-order valence-corrected chi connectivity index (χ0v) is 18.1. The largest absolute Gasteiger partial charge is 0.381 e. The van der Waals surface area contributed by atoms with Crippen molar-refractivity contribution in [2.45, 2.75) is 56.2 Å². The molecule has 158 valence electrons. The zero-order chi connectivity index (χ0) is 20.7. The summed E-state index contributed by atoms with van der Waals surface area (Å²) < 4.78 is 5.73. The molecule has 1 saturated heterocycles. The van der Waals surface area contributed by atoms with Gasteiger partial charge in [0.2, 0.25) is 5.91 Å². The smallest absolute Gasteiger partial charge is 0.234 e. The first-order valence-electron chi connectivity index (χ1n) is 11.4. The van der Waals surface area contributed by atoms with Crippen LogP contribution < -0.4 is 0 Å². The van der Waals surface area contributed by atoms with Gasteiger partial charge >= 0.3 is 0 Å². The molecule has 2 aromatic carbocycles. The van der Waals surface area contributed by atoms with E-state index >= 15 is 0 Å². The number of amides is 1. The standard InChI is InChI=1S/C26H32N2O2/c1-27(23-14-13-18(30-2)17-24(23)28-15-7-8-16-28)26(29)25-21-11-5-3-9-19(21)20-10-4-6-12-22(20)25/h3-6,9-12,18,23-25H,7-8,13-17H2,1-2H3. The van der Waals surface area contributed by atoms with Crippen LogP contribution in [0.25, 0.3) is 11.1 Å². The Kier molecular flexibility index (Phi) is 5.38. The molecule has 2 aromatic rings. The van der Waals surface area contributed by atoms with Crippen molar-refractivity contribution in [3.05, 3.63) is 59.7 Å². The lowest BCUT2D eigenvalue weighted by atomic mass is 9.85. The van der Waals surface area contributed by atoms with Gasteiger partial charge in [-0.15, -0.1) is 0 Å². The molecule has 0 bridgehead atoms. The SMILES string of the molecule is COC1CCC(N(C)C(=O)C2c3ccccc3-c3ccccc32)C(N2CCCC2)C1. The van der Waals surface area contributed by atoms with Crippen molar-refractivity contribution < 1.29 is 9.53 Å². The highest BCUT2D eigenvalue weighted by Gasteiger charge is 2.42. The lowest BCUT2D eigenvalue weighted by Crippen LogP contribution is -2.56. The molecule has 5 rings (SSSR count). The van der Waals surface area contributed by atoms with Crippen LogP contribution in [0.1, 0.15) is 49.1 Å². The Hall–Kier alpha value is -2.17. The second kappa shape index (κ2) is 8.16. The summed E-state index contributed by atoms with van der Waals surface area (Å²) in [6.07, 6.45) is 5.91. The molecule has 1 amide bonds. The first kappa shape index (κ1) is 19.8. The Morgan fingerprint density at radius 3 is 2.17 bits per heavy atom. The average molecular weight is 405 g/mol. The molecule has 0 aromatic heterocycles. The molecule has 1 aliphatic heterocycles. The number of carbonyl (C=O) groups is 1. The predicted molar refractivity (Wildman–Crippen MR) is 120 cm³/mol. The topological polar surface area (TPSA) is 32.8 Å². The Balaban J connectivity index is 1.45. The van der Waals surface area contributed by atoms with Crippen molar-refractivity contribution in [3.8, 4) is 11.1 Å². The normalized spacial score (nSPS) is 26.4. The lowest BCUT2D eigenvalue weighted by Gasteiger charge is -2.45. The van der Waals surface area contributed by atoms with Gasteiger partial charge in [-0.2, -0.15) is 0 Å². The number of fused-ring (bicyclic) bond motifs is 3. The maximum absolute atomic E-state index is 14.0. The van der Waals surface area contributed by atoms with E-state index in [9.17, 15) is 4.79 Å². The third-order valence-corrected chi connectivity index (χ3v) is 7.60. The van der Waals surface area contributed by atoms with Gasteiger partial charge in [-0.25, -0.2) is 0 Å². The Labute approximate surface area is 179 Å². The number of ether oxygens (including phenoxy) is 1. The summed E-state index contributed by atoms with van der Waals surface area (Å²) in [5, 5.41) is 0. The van der Waals surface area contributed by atoms with Gasteiger partial charge in [0.15, 0.2) is 0 Å². The first-order valence-corrected chi connectivity index (χ1v) is 11.4. The highest BCUT2D eigenvalue weighted by atomic mass is 16.5. The van der Waals surface area contributed by atoms with Gasteiger partial charge in [0.05, 0.1) is 12.0 Å². The molecule has 4 nitrogen and oxygen atoms in total. The number of benzene rings is 2. The van der Waals surface area contributed by atoms with Crippen molar-refractivity contribution >= 4 is 5.91 Å². The fourth-order valence-corrected chi connectivity index (χ4v) is 6.01. The van der Waals surface area contributed by atoms with E-state index in [0.29, 0.717) is 12.1 Å². The van der Waals surface area contributed by atoms with Gasteiger partial charge in [0.25, 0.3) is 0 Å².